The molecule has 0 saturated heterocycles. The van der Waals surface area contributed by atoms with Crippen molar-refractivity contribution in [3.05, 3.63) is 81.0 Å². The Labute approximate surface area is 146 Å². The Morgan fingerprint density at radius 3 is 2.12 bits per heavy atom. The van der Waals surface area contributed by atoms with Gasteiger partial charge in [-0.3, -0.25) is 0 Å². The lowest BCUT2D eigenvalue weighted by atomic mass is 9.98. The van der Waals surface area contributed by atoms with Crippen molar-refractivity contribution in [1.82, 2.24) is 0 Å². The average Bonchev–Trinajstić information content (AvgIpc) is 2.88. The highest BCUT2D eigenvalue weighted by Crippen LogP contribution is 2.29. The van der Waals surface area contributed by atoms with E-state index in [0.29, 0.717) is 5.56 Å². The summed E-state index contributed by atoms with van der Waals surface area (Å²) in [6.07, 6.45) is 1.62. The molecule has 2 aromatic carbocycles. The molecular formula is C21H20O2S. The maximum absolute atomic E-state index is 11.5. The summed E-state index contributed by atoms with van der Waals surface area (Å²) in [4.78, 5) is 13.5. The zero-order chi connectivity index (χ0) is 17.1. The van der Waals surface area contributed by atoms with E-state index in [1.54, 1.807) is 11.3 Å². The van der Waals surface area contributed by atoms with Crippen LogP contribution in [0.15, 0.2) is 54.6 Å². The van der Waals surface area contributed by atoms with E-state index >= 15 is 0 Å². The summed E-state index contributed by atoms with van der Waals surface area (Å²) in [6, 6.07) is 18.8. The number of carboxylic acid groups (broad SMARTS) is 1. The number of aryl methyl sites for hydroxylation is 3. The van der Waals surface area contributed by atoms with E-state index in [0.717, 1.165) is 28.2 Å². The van der Waals surface area contributed by atoms with Crippen molar-refractivity contribution in [1.29, 1.82) is 0 Å². The van der Waals surface area contributed by atoms with Crippen molar-refractivity contribution >= 4 is 17.3 Å². The molecule has 0 aliphatic rings. The quantitative estimate of drug-likeness (QED) is 0.666. The fourth-order valence-electron chi connectivity index (χ4n) is 3.08. The third kappa shape index (κ3) is 3.41. The Hall–Kier alpha value is -2.39. The van der Waals surface area contributed by atoms with Crippen LogP contribution in [0.2, 0.25) is 0 Å². The molecule has 0 radical (unpaired) electrons. The first-order valence-electron chi connectivity index (χ1n) is 8.03. The van der Waals surface area contributed by atoms with Gasteiger partial charge in [-0.2, -0.15) is 0 Å². The Morgan fingerprint density at radius 1 is 0.875 bits per heavy atom. The van der Waals surface area contributed by atoms with Crippen molar-refractivity contribution in [3.63, 3.8) is 0 Å². The highest BCUT2D eigenvalue weighted by Gasteiger charge is 2.18. The highest BCUT2D eigenvalue weighted by atomic mass is 32.1. The molecule has 3 aromatic rings. The van der Waals surface area contributed by atoms with E-state index in [1.165, 1.54) is 16.7 Å². The molecular weight excluding hydrogens is 316 g/mol. The molecule has 1 N–H and O–H groups in total. The summed E-state index contributed by atoms with van der Waals surface area (Å²) in [5.41, 5.74) is 5.12. The molecule has 0 bridgehead atoms. The molecule has 0 atom stereocenters. The first-order chi connectivity index (χ1) is 11.6. The largest absolute Gasteiger partial charge is 0.478 e. The number of hydrogen-bond acceptors (Lipinski definition) is 2. The van der Waals surface area contributed by atoms with Gasteiger partial charge in [0.25, 0.3) is 0 Å². The number of benzene rings is 2. The van der Waals surface area contributed by atoms with Gasteiger partial charge in [0.2, 0.25) is 0 Å². The molecule has 0 amide bonds. The normalized spacial score (nSPS) is 10.8. The predicted molar refractivity (Wildman–Crippen MR) is 100 cm³/mol. The van der Waals surface area contributed by atoms with Crippen LogP contribution in [0.3, 0.4) is 0 Å². The smallest absolute Gasteiger partial charge is 0.337 e. The molecule has 24 heavy (non-hydrogen) atoms. The van der Waals surface area contributed by atoms with Crippen LogP contribution in [-0.4, -0.2) is 11.1 Å². The van der Waals surface area contributed by atoms with Crippen molar-refractivity contribution in [2.45, 2.75) is 26.7 Å². The third-order valence-electron chi connectivity index (χ3n) is 4.32. The summed E-state index contributed by atoms with van der Waals surface area (Å²) in [7, 11) is 0. The van der Waals surface area contributed by atoms with E-state index in [2.05, 4.69) is 36.4 Å². The summed E-state index contributed by atoms with van der Waals surface area (Å²) in [5.74, 6) is -0.814. The molecule has 0 unspecified atom stereocenters. The van der Waals surface area contributed by atoms with Crippen LogP contribution < -0.4 is 0 Å². The lowest BCUT2D eigenvalue weighted by Crippen LogP contribution is -2.03. The standard InChI is InChI=1S/C21H20O2S/c1-14-19(20(21(22)23)15(2)24-14)13-10-16-8-11-18(12-9-16)17-6-4-3-5-7-17/h3-9,11-12H,10,13H2,1-2H3,(H,22,23). The van der Waals surface area contributed by atoms with Crippen LogP contribution in [0.1, 0.15) is 31.2 Å². The number of carbonyl (C=O) groups is 1. The molecule has 0 fully saturated rings. The Bertz CT molecular complexity index is 846. The third-order valence-corrected chi connectivity index (χ3v) is 5.39. The van der Waals surface area contributed by atoms with Gasteiger partial charge in [0.15, 0.2) is 0 Å². The second-order valence-electron chi connectivity index (χ2n) is 5.94. The topological polar surface area (TPSA) is 37.3 Å². The summed E-state index contributed by atoms with van der Waals surface area (Å²) >= 11 is 1.58. The Kier molecular flexibility index (Phi) is 4.81. The molecule has 0 aliphatic carbocycles. The number of carboxylic acids is 1. The fourth-order valence-corrected chi connectivity index (χ4v) is 4.17. The van der Waals surface area contributed by atoms with Crippen molar-refractivity contribution in [2.24, 2.45) is 0 Å². The van der Waals surface area contributed by atoms with Crippen molar-refractivity contribution in [2.75, 3.05) is 0 Å². The molecule has 1 heterocycles. The fraction of sp³-hybridized carbons (Fsp3) is 0.190. The number of rotatable bonds is 5. The van der Waals surface area contributed by atoms with E-state index < -0.39 is 5.97 Å². The second kappa shape index (κ2) is 7.02. The van der Waals surface area contributed by atoms with Gasteiger partial charge in [-0.15, -0.1) is 11.3 Å². The van der Waals surface area contributed by atoms with Gasteiger partial charge in [-0.05, 0) is 48.9 Å². The molecule has 2 nitrogen and oxygen atoms in total. The van der Waals surface area contributed by atoms with Gasteiger partial charge in [-0.1, -0.05) is 54.6 Å². The lowest BCUT2D eigenvalue weighted by molar-refractivity contribution is 0.0695. The van der Waals surface area contributed by atoms with Gasteiger partial charge < -0.3 is 5.11 Å². The summed E-state index contributed by atoms with van der Waals surface area (Å²) in [6.45, 7) is 3.90. The molecule has 0 saturated carbocycles. The minimum atomic E-state index is -0.814. The van der Waals surface area contributed by atoms with Gasteiger partial charge in [0.1, 0.15) is 0 Å². The van der Waals surface area contributed by atoms with E-state index in [4.69, 9.17) is 0 Å². The van der Waals surface area contributed by atoms with E-state index in [-0.39, 0.29) is 0 Å². The zero-order valence-corrected chi connectivity index (χ0v) is 14.7. The van der Waals surface area contributed by atoms with E-state index in [1.807, 2.05) is 32.0 Å². The van der Waals surface area contributed by atoms with Crippen molar-refractivity contribution in [3.8, 4) is 11.1 Å². The maximum Gasteiger partial charge on any atom is 0.337 e. The molecule has 1 aromatic heterocycles. The number of thiophene rings is 1. The van der Waals surface area contributed by atoms with Crippen LogP contribution in [0.4, 0.5) is 0 Å². The average molecular weight is 336 g/mol. The molecule has 3 heteroatoms. The molecule has 3 rings (SSSR count). The maximum atomic E-state index is 11.5. The minimum absolute atomic E-state index is 0.499. The van der Waals surface area contributed by atoms with Gasteiger partial charge in [0, 0.05) is 9.75 Å². The van der Waals surface area contributed by atoms with Crippen LogP contribution in [0.25, 0.3) is 11.1 Å². The molecule has 122 valence electrons. The second-order valence-corrected chi connectivity index (χ2v) is 7.36. The Balaban J connectivity index is 1.75. The zero-order valence-electron chi connectivity index (χ0n) is 13.9. The van der Waals surface area contributed by atoms with Gasteiger partial charge >= 0.3 is 5.97 Å². The van der Waals surface area contributed by atoms with Gasteiger partial charge in [0.05, 0.1) is 5.56 Å². The summed E-state index contributed by atoms with van der Waals surface area (Å²) < 4.78 is 0. The minimum Gasteiger partial charge on any atom is -0.478 e. The lowest BCUT2D eigenvalue weighted by Gasteiger charge is -2.06. The first kappa shape index (κ1) is 16.5. The van der Waals surface area contributed by atoms with Crippen LogP contribution in [0.5, 0.6) is 0 Å². The monoisotopic (exact) mass is 336 g/mol. The van der Waals surface area contributed by atoms with Crippen molar-refractivity contribution < 1.29 is 9.90 Å². The van der Waals surface area contributed by atoms with Crippen LogP contribution >= 0.6 is 11.3 Å². The number of aromatic carboxylic acids is 1. The highest BCUT2D eigenvalue weighted by molar-refractivity contribution is 7.12. The first-order valence-corrected chi connectivity index (χ1v) is 8.84. The van der Waals surface area contributed by atoms with Crippen LogP contribution in [-0.2, 0) is 12.8 Å². The predicted octanol–water partition coefficient (Wildman–Crippen LogP) is 5.52. The van der Waals surface area contributed by atoms with Gasteiger partial charge in [-0.25, -0.2) is 4.79 Å². The molecule has 0 spiro atoms. The van der Waals surface area contributed by atoms with Crippen LogP contribution in [0, 0.1) is 13.8 Å². The number of hydrogen-bond donors (Lipinski definition) is 1. The molecule has 0 aliphatic heterocycles. The SMILES string of the molecule is Cc1sc(C)c(C(=O)O)c1CCc1ccc(-c2ccccc2)cc1. The summed E-state index contributed by atoms with van der Waals surface area (Å²) in [5, 5.41) is 9.43. The van der Waals surface area contributed by atoms with E-state index in [9.17, 15) is 9.90 Å². The Morgan fingerprint density at radius 2 is 1.50 bits per heavy atom.